The van der Waals surface area contributed by atoms with Crippen LogP contribution in [0.15, 0.2) is 96.1 Å². The van der Waals surface area contributed by atoms with Crippen LogP contribution in [0.25, 0.3) is 51.0 Å². The maximum absolute atomic E-state index is 13.3. The number of H-pyrrole nitrogens is 1. The van der Waals surface area contributed by atoms with E-state index in [4.69, 9.17) is 16.6 Å². The number of halogens is 1. The van der Waals surface area contributed by atoms with Crippen LogP contribution in [0.1, 0.15) is 0 Å². The van der Waals surface area contributed by atoms with Gasteiger partial charge in [0.1, 0.15) is 11.6 Å². The monoisotopic (exact) mass is 569 g/mol. The third-order valence-corrected chi connectivity index (χ3v) is 6.87. The van der Waals surface area contributed by atoms with Crippen molar-refractivity contribution in [2.75, 3.05) is 11.0 Å². The zero-order valence-electron chi connectivity index (χ0n) is 20.9. The molecule has 12 heteroatoms. The Labute approximate surface area is 233 Å². The molecule has 0 aliphatic carbocycles. The molecule has 40 heavy (non-hydrogen) atoms. The second-order valence-corrected chi connectivity index (χ2v) is 11.1. The first-order chi connectivity index (χ1) is 19.2. The van der Waals surface area contributed by atoms with Crippen LogP contribution in [0.3, 0.4) is 0 Å². The van der Waals surface area contributed by atoms with Gasteiger partial charge >= 0.3 is 0 Å². The number of fused-ring (bicyclic) bond motifs is 1. The SMILES string of the molecule is CS(=O)(=O)Nc1cccc(-n2c(-c3ccc(Cl)cc3)nc3c(=O)[nH]c(-c4ccc(-c5ncccn5)cc4)nc32)c1. The van der Waals surface area contributed by atoms with Crippen LogP contribution in [0.4, 0.5) is 5.69 Å². The fourth-order valence-electron chi connectivity index (χ4n) is 4.29. The minimum atomic E-state index is -3.51. The second-order valence-electron chi connectivity index (χ2n) is 8.94. The molecule has 3 heterocycles. The molecule has 0 atom stereocenters. The molecule has 0 aliphatic rings. The normalized spacial score (nSPS) is 11.6. The molecule has 3 aromatic carbocycles. The average molecular weight is 570 g/mol. The van der Waals surface area contributed by atoms with Crippen LogP contribution >= 0.6 is 11.6 Å². The summed E-state index contributed by atoms with van der Waals surface area (Å²) in [6.45, 7) is 0. The van der Waals surface area contributed by atoms with Gasteiger partial charge in [0.05, 0.1) is 17.6 Å². The second kappa shape index (κ2) is 10.0. The molecule has 10 nitrogen and oxygen atoms in total. The molecule has 0 bridgehead atoms. The molecular weight excluding hydrogens is 550 g/mol. The van der Waals surface area contributed by atoms with Gasteiger partial charge in [-0.2, -0.15) is 0 Å². The lowest BCUT2D eigenvalue weighted by Gasteiger charge is -2.12. The first-order valence-electron chi connectivity index (χ1n) is 12.0. The third kappa shape index (κ3) is 5.07. The molecule has 0 fully saturated rings. The summed E-state index contributed by atoms with van der Waals surface area (Å²) >= 11 is 6.11. The van der Waals surface area contributed by atoms with Gasteiger partial charge < -0.3 is 4.98 Å². The highest BCUT2D eigenvalue weighted by molar-refractivity contribution is 7.92. The van der Waals surface area contributed by atoms with Crippen molar-refractivity contribution in [1.29, 1.82) is 0 Å². The Morgan fingerprint density at radius 1 is 0.850 bits per heavy atom. The molecular formula is C28H20ClN7O3S. The van der Waals surface area contributed by atoms with Crippen molar-refractivity contribution in [3.05, 3.63) is 107 Å². The minimum absolute atomic E-state index is 0.129. The molecule has 0 radical (unpaired) electrons. The molecule has 3 aromatic heterocycles. The van der Waals surface area contributed by atoms with Gasteiger partial charge in [0, 0.05) is 34.1 Å². The highest BCUT2D eigenvalue weighted by atomic mass is 35.5. The van der Waals surface area contributed by atoms with Crippen LogP contribution in [-0.4, -0.2) is 44.2 Å². The van der Waals surface area contributed by atoms with Crippen molar-refractivity contribution in [3.63, 3.8) is 0 Å². The number of nitrogens with zero attached hydrogens (tertiary/aromatic N) is 5. The number of aromatic amines is 1. The summed E-state index contributed by atoms with van der Waals surface area (Å²) in [5.41, 5.74) is 3.10. The van der Waals surface area contributed by atoms with E-state index in [1.165, 1.54) is 0 Å². The van der Waals surface area contributed by atoms with Crippen molar-refractivity contribution in [3.8, 4) is 39.9 Å². The van der Waals surface area contributed by atoms with E-state index < -0.39 is 15.6 Å². The molecule has 0 saturated heterocycles. The molecule has 0 amide bonds. The first-order valence-corrected chi connectivity index (χ1v) is 14.3. The highest BCUT2D eigenvalue weighted by Crippen LogP contribution is 2.30. The number of benzene rings is 3. The van der Waals surface area contributed by atoms with E-state index >= 15 is 0 Å². The lowest BCUT2D eigenvalue weighted by Crippen LogP contribution is -2.11. The Morgan fingerprint density at radius 3 is 2.23 bits per heavy atom. The summed E-state index contributed by atoms with van der Waals surface area (Å²) < 4.78 is 28.0. The molecule has 198 valence electrons. The molecule has 6 rings (SSSR count). The van der Waals surface area contributed by atoms with Crippen molar-refractivity contribution in [2.45, 2.75) is 0 Å². The topological polar surface area (TPSA) is 136 Å². The Morgan fingerprint density at radius 2 is 1.52 bits per heavy atom. The number of nitrogens with one attached hydrogen (secondary N) is 2. The summed E-state index contributed by atoms with van der Waals surface area (Å²) in [5, 5.41) is 0.549. The maximum atomic E-state index is 13.3. The van der Waals surface area contributed by atoms with Gasteiger partial charge in [0.25, 0.3) is 5.56 Å². The number of imidazole rings is 1. The number of aromatic nitrogens is 6. The smallest absolute Gasteiger partial charge is 0.279 e. The van der Waals surface area contributed by atoms with E-state index in [9.17, 15) is 13.2 Å². The standard InChI is InChI=1S/C28H20ClN7O3S/c1-40(38,39)35-21-4-2-5-22(16-21)36-26(19-10-12-20(29)13-11-19)32-23-27(36)33-25(34-28(23)37)18-8-6-17(7-9-18)24-30-14-3-15-31-24/h2-16,35H,1H3,(H,33,34,37). The van der Waals surface area contributed by atoms with Gasteiger partial charge in [-0.15, -0.1) is 0 Å². The molecule has 0 spiro atoms. The first kappa shape index (κ1) is 25.4. The number of rotatable bonds is 6. The van der Waals surface area contributed by atoms with E-state index in [0.717, 1.165) is 11.8 Å². The Kier molecular flexibility index (Phi) is 6.37. The lowest BCUT2D eigenvalue weighted by molar-refractivity contribution is 0.607. The average Bonchev–Trinajstić information content (AvgIpc) is 3.33. The van der Waals surface area contributed by atoms with Crippen LogP contribution < -0.4 is 10.3 Å². The zero-order chi connectivity index (χ0) is 27.9. The van der Waals surface area contributed by atoms with Crippen LogP contribution in [-0.2, 0) is 10.0 Å². The van der Waals surface area contributed by atoms with Gasteiger partial charge in [0.15, 0.2) is 17.0 Å². The molecule has 6 aromatic rings. The summed E-state index contributed by atoms with van der Waals surface area (Å²) in [7, 11) is -3.51. The Bertz CT molecular complexity index is 2020. The Hall–Kier alpha value is -4.87. The number of anilines is 1. The van der Waals surface area contributed by atoms with Crippen molar-refractivity contribution < 1.29 is 8.42 Å². The minimum Gasteiger partial charge on any atom is -0.305 e. The van der Waals surface area contributed by atoms with Gasteiger partial charge in [-0.1, -0.05) is 41.9 Å². The van der Waals surface area contributed by atoms with Crippen LogP contribution in [0, 0.1) is 0 Å². The van der Waals surface area contributed by atoms with Crippen molar-refractivity contribution in [1.82, 2.24) is 29.5 Å². The lowest BCUT2D eigenvalue weighted by atomic mass is 10.1. The van der Waals surface area contributed by atoms with Crippen molar-refractivity contribution >= 4 is 38.5 Å². The molecule has 2 N–H and O–H groups in total. The molecule has 0 saturated carbocycles. The van der Waals surface area contributed by atoms with Crippen molar-refractivity contribution in [2.24, 2.45) is 0 Å². The highest BCUT2D eigenvalue weighted by Gasteiger charge is 2.20. The predicted molar refractivity (Wildman–Crippen MR) is 155 cm³/mol. The fourth-order valence-corrected chi connectivity index (χ4v) is 4.97. The van der Waals surface area contributed by atoms with E-state index in [1.54, 1.807) is 71.6 Å². The summed E-state index contributed by atoms with van der Waals surface area (Å²) in [5.74, 6) is 1.36. The summed E-state index contributed by atoms with van der Waals surface area (Å²) in [4.78, 5) is 34.1. The number of hydrogen-bond donors (Lipinski definition) is 2. The van der Waals surface area contributed by atoms with Gasteiger partial charge in [-0.05, 0) is 48.5 Å². The molecule has 0 unspecified atom stereocenters. The number of hydrogen-bond acceptors (Lipinski definition) is 7. The quantitative estimate of drug-likeness (QED) is 0.290. The van der Waals surface area contributed by atoms with Crippen LogP contribution in [0.5, 0.6) is 0 Å². The third-order valence-electron chi connectivity index (χ3n) is 6.01. The fraction of sp³-hybridized carbons (Fsp3) is 0.0357. The number of sulfonamides is 1. The van der Waals surface area contributed by atoms with E-state index in [1.807, 2.05) is 24.3 Å². The maximum Gasteiger partial charge on any atom is 0.279 e. The van der Waals surface area contributed by atoms with Gasteiger partial charge in [-0.3, -0.25) is 14.1 Å². The molecule has 0 aliphatic heterocycles. The van der Waals surface area contributed by atoms with E-state index in [0.29, 0.717) is 50.6 Å². The summed E-state index contributed by atoms with van der Waals surface area (Å²) in [6.07, 6.45) is 4.42. The van der Waals surface area contributed by atoms with Gasteiger partial charge in [-0.25, -0.2) is 28.4 Å². The summed E-state index contributed by atoms with van der Waals surface area (Å²) in [6, 6.07) is 22.9. The van der Waals surface area contributed by atoms with E-state index in [-0.39, 0.29) is 5.52 Å². The zero-order valence-corrected chi connectivity index (χ0v) is 22.5. The Balaban J connectivity index is 1.54. The largest absolute Gasteiger partial charge is 0.305 e. The van der Waals surface area contributed by atoms with E-state index in [2.05, 4.69) is 24.7 Å². The van der Waals surface area contributed by atoms with Gasteiger partial charge in [0.2, 0.25) is 10.0 Å². The van der Waals surface area contributed by atoms with Crippen LogP contribution in [0.2, 0.25) is 5.02 Å². The predicted octanol–water partition coefficient (Wildman–Crippen LogP) is 4.92.